The molecule has 0 bridgehead atoms. The summed E-state index contributed by atoms with van der Waals surface area (Å²) in [6.07, 6.45) is 0. The van der Waals surface area contributed by atoms with Crippen LogP contribution in [-0.2, 0) is 10.0 Å². The van der Waals surface area contributed by atoms with Gasteiger partial charge in [-0.2, -0.15) is 0 Å². The Morgan fingerprint density at radius 3 is 2.44 bits per heavy atom. The predicted octanol–water partition coefficient (Wildman–Crippen LogP) is 3.66. The lowest BCUT2D eigenvalue weighted by atomic mass is 10.2. The zero-order valence-electron chi connectivity index (χ0n) is 13.7. The molecule has 0 atom stereocenters. The van der Waals surface area contributed by atoms with Gasteiger partial charge < -0.3 is 9.80 Å². The summed E-state index contributed by atoms with van der Waals surface area (Å²) in [5.74, 6) is 0. The maximum Gasteiger partial charge on any atom is 0.263 e. The summed E-state index contributed by atoms with van der Waals surface area (Å²) in [6.45, 7) is 3.53. The number of piperazine rings is 1. The SMILES string of the molecule is CN1CCN(c2ccc(Cl)cc2NS(=O)(=O)c2ccccc2Br)CC1. The van der Waals surface area contributed by atoms with Crippen molar-refractivity contribution in [3.8, 4) is 0 Å². The molecule has 0 radical (unpaired) electrons. The molecule has 2 aromatic carbocycles. The Kier molecular flexibility index (Phi) is 5.58. The first-order valence-electron chi connectivity index (χ1n) is 7.87. The van der Waals surface area contributed by atoms with Crippen LogP contribution in [0.25, 0.3) is 0 Å². The van der Waals surface area contributed by atoms with Crippen molar-refractivity contribution in [1.29, 1.82) is 0 Å². The highest BCUT2D eigenvalue weighted by atomic mass is 79.9. The fraction of sp³-hybridized carbons (Fsp3) is 0.294. The second kappa shape index (κ2) is 7.53. The van der Waals surface area contributed by atoms with E-state index in [1.165, 1.54) is 0 Å². The van der Waals surface area contributed by atoms with Crippen molar-refractivity contribution in [3.63, 3.8) is 0 Å². The van der Waals surface area contributed by atoms with Crippen LogP contribution in [0, 0.1) is 0 Å². The topological polar surface area (TPSA) is 52.6 Å². The molecule has 134 valence electrons. The number of halogens is 2. The first kappa shape index (κ1) is 18.5. The summed E-state index contributed by atoms with van der Waals surface area (Å²) in [5, 5.41) is 0.489. The van der Waals surface area contributed by atoms with E-state index >= 15 is 0 Å². The van der Waals surface area contributed by atoms with Crippen molar-refractivity contribution in [2.45, 2.75) is 4.90 Å². The van der Waals surface area contributed by atoms with Crippen LogP contribution >= 0.6 is 27.5 Å². The third-order valence-electron chi connectivity index (χ3n) is 4.17. The van der Waals surface area contributed by atoms with Crippen LogP contribution in [0.1, 0.15) is 0 Å². The van der Waals surface area contributed by atoms with Crippen LogP contribution in [0.15, 0.2) is 51.8 Å². The molecule has 0 aliphatic carbocycles. The largest absolute Gasteiger partial charge is 0.367 e. The zero-order valence-corrected chi connectivity index (χ0v) is 16.9. The van der Waals surface area contributed by atoms with Gasteiger partial charge in [0, 0.05) is 35.7 Å². The van der Waals surface area contributed by atoms with Crippen molar-refractivity contribution >= 4 is 48.9 Å². The van der Waals surface area contributed by atoms with Crippen molar-refractivity contribution in [2.24, 2.45) is 0 Å². The van der Waals surface area contributed by atoms with Gasteiger partial charge in [-0.15, -0.1) is 0 Å². The molecule has 0 saturated carbocycles. The number of rotatable bonds is 4. The van der Waals surface area contributed by atoms with Gasteiger partial charge in [-0.3, -0.25) is 4.72 Å². The van der Waals surface area contributed by atoms with Crippen molar-refractivity contribution in [3.05, 3.63) is 52.0 Å². The van der Waals surface area contributed by atoms with Crippen LogP contribution in [0.3, 0.4) is 0 Å². The van der Waals surface area contributed by atoms with E-state index in [9.17, 15) is 8.42 Å². The second-order valence-corrected chi connectivity index (χ2v) is 8.93. The lowest BCUT2D eigenvalue weighted by molar-refractivity contribution is 0.313. The minimum Gasteiger partial charge on any atom is -0.367 e. The van der Waals surface area contributed by atoms with Gasteiger partial charge in [-0.1, -0.05) is 23.7 Å². The van der Waals surface area contributed by atoms with E-state index in [4.69, 9.17) is 11.6 Å². The van der Waals surface area contributed by atoms with E-state index in [0.29, 0.717) is 15.2 Å². The number of likely N-dealkylation sites (N-methyl/N-ethyl adjacent to an activating group) is 1. The molecule has 8 heteroatoms. The van der Waals surface area contributed by atoms with Gasteiger partial charge in [0.05, 0.1) is 11.4 Å². The summed E-state index contributed by atoms with van der Waals surface area (Å²) >= 11 is 9.41. The molecular formula is C17H19BrClN3O2S. The Morgan fingerprint density at radius 2 is 1.76 bits per heavy atom. The Hall–Kier alpha value is -1.28. The Bertz CT molecular complexity index is 868. The van der Waals surface area contributed by atoms with Crippen LogP contribution < -0.4 is 9.62 Å². The third kappa shape index (κ3) is 4.28. The molecule has 1 aliphatic rings. The van der Waals surface area contributed by atoms with E-state index in [0.717, 1.165) is 31.9 Å². The lowest BCUT2D eigenvalue weighted by Gasteiger charge is -2.35. The van der Waals surface area contributed by atoms with Crippen LogP contribution in [0.2, 0.25) is 5.02 Å². The van der Waals surface area contributed by atoms with Crippen molar-refractivity contribution in [2.75, 3.05) is 42.8 Å². The smallest absolute Gasteiger partial charge is 0.263 e. The highest BCUT2D eigenvalue weighted by molar-refractivity contribution is 9.10. The molecule has 1 N–H and O–H groups in total. The fourth-order valence-corrected chi connectivity index (χ4v) is 5.02. The van der Waals surface area contributed by atoms with Crippen molar-refractivity contribution < 1.29 is 8.42 Å². The minimum atomic E-state index is -3.73. The number of nitrogens with one attached hydrogen (secondary N) is 1. The predicted molar refractivity (Wildman–Crippen MR) is 106 cm³/mol. The summed E-state index contributed by atoms with van der Waals surface area (Å²) in [5.41, 5.74) is 1.33. The number of sulfonamides is 1. The molecule has 25 heavy (non-hydrogen) atoms. The molecule has 0 amide bonds. The van der Waals surface area contributed by atoms with E-state index in [1.54, 1.807) is 36.4 Å². The molecule has 3 rings (SSSR count). The summed E-state index contributed by atoms with van der Waals surface area (Å²) < 4.78 is 28.8. The Labute approximate surface area is 161 Å². The van der Waals surface area contributed by atoms with Gasteiger partial charge in [0.25, 0.3) is 10.0 Å². The third-order valence-corrected chi connectivity index (χ3v) is 6.79. The molecule has 0 aromatic heterocycles. The number of anilines is 2. The van der Waals surface area contributed by atoms with E-state index < -0.39 is 10.0 Å². The number of benzene rings is 2. The number of nitrogens with zero attached hydrogens (tertiary/aromatic N) is 2. The van der Waals surface area contributed by atoms with E-state index in [-0.39, 0.29) is 4.90 Å². The summed E-state index contributed by atoms with van der Waals surface area (Å²) in [7, 11) is -1.65. The van der Waals surface area contributed by atoms with Gasteiger partial charge in [0.15, 0.2) is 0 Å². The molecule has 0 spiro atoms. The molecule has 1 heterocycles. The van der Waals surface area contributed by atoms with Gasteiger partial charge in [0.1, 0.15) is 4.90 Å². The molecule has 5 nitrogen and oxygen atoms in total. The zero-order chi connectivity index (χ0) is 18.0. The highest BCUT2D eigenvalue weighted by Crippen LogP contribution is 2.32. The van der Waals surface area contributed by atoms with E-state index in [1.807, 2.05) is 6.07 Å². The summed E-state index contributed by atoms with van der Waals surface area (Å²) in [6, 6.07) is 12.0. The summed E-state index contributed by atoms with van der Waals surface area (Å²) in [4.78, 5) is 4.62. The molecule has 0 unspecified atom stereocenters. The quantitative estimate of drug-likeness (QED) is 0.782. The van der Waals surface area contributed by atoms with Crippen molar-refractivity contribution in [1.82, 2.24) is 4.90 Å². The fourth-order valence-electron chi connectivity index (χ4n) is 2.78. The van der Waals surface area contributed by atoms with Crippen LogP contribution in [0.4, 0.5) is 11.4 Å². The highest BCUT2D eigenvalue weighted by Gasteiger charge is 2.22. The first-order valence-corrected chi connectivity index (χ1v) is 10.5. The number of hydrogen-bond donors (Lipinski definition) is 1. The van der Waals surface area contributed by atoms with E-state index in [2.05, 4.69) is 37.5 Å². The first-order chi connectivity index (χ1) is 11.9. The molecule has 2 aromatic rings. The standard InChI is InChI=1S/C17H19BrClN3O2S/c1-21-8-10-22(11-9-21)16-7-6-13(19)12-15(16)20-25(23,24)17-5-3-2-4-14(17)18/h2-7,12,20H,8-11H2,1H3. The Balaban J connectivity index is 1.94. The van der Waals surface area contributed by atoms with Crippen LogP contribution in [0.5, 0.6) is 0 Å². The van der Waals surface area contributed by atoms with Gasteiger partial charge >= 0.3 is 0 Å². The molecule has 1 saturated heterocycles. The van der Waals surface area contributed by atoms with Gasteiger partial charge in [-0.05, 0) is 53.3 Å². The van der Waals surface area contributed by atoms with Crippen LogP contribution in [-0.4, -0.2) is 46.5 Å². The maximum absolute atomic E-state index is 12.8. The average molecular weight is 445 g/mol. The Morgan fingerprint density at radius 1 is 1.08 bits per heavy atom. The second-order valence-electron chi connectivity index (χ2n) is 5.99. The monoisotopic (exact) mass is 443 g/mol. The molecule has 1 fully saturated rings. The van der Waals surface area contributed by atoms with Gasteiger partial charge in [-0.25, -0.2) is 8.42 Å². The minimum absolute atomic E-state index is 0.194. The lowest BCUT2D eigenvalue weighted by Crippen LogP contribution is -2.44. The molecular weight excluding hydrogens is 426 g/mol. The molecule has 1 aliphatic heterocycles. The average Bonchev–Trinajstić information content (AvgIpc) is 2.56. The maximum atomic E-state index is 12.8. The van der Waals surface area contributed by atoms with Gasteiger partial charge in [0.2, 0.25) is 0 Å². The number of hydrogen-bond acceptors (Lipinski definition) is 4. The normalized spacial score (nSPS) is 16.0.